The Morgan fingerprint density at radius 3 is 2.64 bits per heavy atom. The maximum Gasteiger partial charge on any atom is 0.415 e. The molecule has 1 N–H and O–H groups in total. The minimum absolute atomic E-state index is 0.00423. The lowest BCUT2D eigenvalue weighted by Gasteiger charge is -2.21. The van der Waals surface area contributed by atoms with E-state index in [0.29, 0.717) is 13.1 Å². The molecule has 14 heavy (non-hydrogen) atoms. The van der Waals surface area contributed by atoms with Gasteiger partial charge < -0.3 is 9.84 Å². The van der Waals surface area contributed by atoms with E-state index in [-0.39, 0.29) is 12.6 Å². The Morgan fingerprint density at radius 1 is 1.57 bits per heavy atom. The quantitative estimate of drug-likeness (QED) is 0.746. The minimum Gasteiger partial charge on any atom is -0.382 e. The Morgan fingerprint density at radius 2 is 2.21 bits per heavy atom. The summed E-state index contributed by atoms with van der Waals surface area (Å²) in [5, 5.41) is 8.80. The van der Waals surface area contributed by atoms with Gasteiger partial charge in [-0.05, 0) is 6.42 Å². The number of hydrogen-bond acceptors (Lipinski definition) is 3. The summed E-state index contributed by atoms with van der Waals surface area (Å²) in [6.07, 6.45) is -6.06. The summed E-state index contributed by atoms with van der Waals surface area (Å²) in [5.41, 5.74) is 0. The Labute approximate surface area is 80.5 Å². The van der Waals surface area contributed by atoms with Gasteiger partial charge >= 0.3 is 6.18 Å². The fourth-order valence-electron chi connectivity index (χ4n) is 1.50. The number of nitrogens with zero attached hydrogens (tertiary/aromatic N) is 1. The van der Waals surface area contributed by atoms with Crippen molar-refractivity contribution in [3.05, 3.63) is 0 Å². The molecule has 0 radical (unpaired) electrons. The molecule has 1 fully saturated rings. The number of β-amino-alcohol motifs (C(OH)–C–C–N with tert-alkyl or cyclic N) is 1. The molecular weight excluding hydrogens is 199 g/mol. The molecule has 1 saturated heterocycles. The van der Waals surface area contributed by atoms with Crippen molar-refractivity contribution < 1.29 is 23.0 Å². The highest BCUT2D eigenvalue weighted by molar-refractivity contribution is 4.79. The van der Waals surface area contributed by atoms with Crippen LogP contribution in [0.4, 0.5) is 13.2 Å². The Balaban J connectivity index is 2.32. The molecule has 2 unspecified atom stereocenters. The number of likely N-dealkylation sites (tertiary alicyclic amines) is 1. The van der Waals surface area contributed by atoms with Gasteiger partial charge in [-0.1, -0.05) is 0 Å². The van der Waals surface area contributed by atoms with Gasteiger partial charge in [0.2, 0.25) is 0 Å². The minimum atomic E-state index is -4.52. The Kier molecular flexibility index (Phi) is 3.74. The lowest BCUT2D eigenvalue weighted by molar-refractivity contribution is -0.207. The number of halogens is 3. The highest BCUT2D eigenvalue weighted by Crippen LogP contribution is 2.22. The number of aliphatic hydroxyl groups excluding tert-OH is 1. The SMILES string of the molecule is COC1CCN(CC(O)C(F)(F)F)C1. The van der Waals surface area contributed by atoms with Crippen LogP contribution in [0.15, 0.2) is 0 Å². The fraction of sp³-hybridized carbons (Fsp3) is 1.00. The van der Waals surface area contributed by atoms with Crippen LogP contribution in [0.2, 0.25) is 0 Å². The maximum atomic E-state index is 12.0. The zero-order valence-electron chi connectivity index (χ0n) is 7.92. The van der Waals surface area contributed by atoms with Gasteiger partial charge in [-0.2, -0.15) is 13.2 Å². The summed E-state index contributed by atoms with van der Waals surface area (Å²) in [7, 11) is 1.54. The number of hydrogen-bond donors (Lipinski definition) is 1. The number of alkyl halides is 3. The van der Waals surface area contributed by atoms with Crippen molar-refractivity contribution in [2.24, 2.45) is 0 Å². The van der Waals surface area contributed by atoms with E-state index >= 15 is 0 Å². The van der Waals surface area contributed by atoms with Crippen molar-refractivity contribution >= 4 is 0 Å². The van der Waals surface area contributed by atoms with Crippen molar-refractivity contribution in [1.82, 2.24) is 4.90 Å². The summed E-state index contributed by atoms with van der Waals surface area (Å²) in [6.45, 7) is 0.651. The molecule has 1 rings (SSSR count). The predicted octanol–water partition coefficient (Wildman–Crippen LogP) is 0.630. The first-order chi connectivity index (χ1) is 6.43. The van der Waals surface area contributed by atoms with Gasteiger partial charge in [0.05, 0.1) is 6.10 Å². The van der Waals surface area contributed by atoms with Gasteiger partial charge in [0, 0.05) is 26.7 Å². The van der Waals surface area contributed by atoms with Crippen molar-refractivity contribution in [3.8, 4) is 0 Å². The van der Waals surface area contributed by atoms with Gasteiger partial charge in [-0.3, -0.25) is 4.90 Å². The fourth-order valence-corrected chi connectivity index (χ4v) is 1.50. The van der Waals surface area contributed by atoms with E-state index in [4.69, 9.17) is 9.84 Å². The van der Waals surface area contributed by atoms with Crippen molar-refractivity contribution in [2.75, 3.05) is 26.7 Å². The van der Waals surface area contributed by atoms with Crippen LogP contribution in [0.3, 0.4) is 0 Å². The third-order valence-electron chi connectivity index (χ3n) is 2.37. The van der Waals surface area contributed by atoms with Crippen molar-refractivity contribution in [2.45, 2.75) is 24.8 Å². The molecule has 0 aliphatic carbocycles. The van der Waals surface area contributed by atoms with E-state index in [2.05, 4.69) is 0 Å². The van der Waals surface area contributed by atoms with Gasteiger partial charge in [0.25, 0.3) is 0 Å². The molecule has 0 amide bonds. The molecule has 84 valence electrons. The third kappa shape index (κ3) is 3.11. The molecule has 1 aliphatic rings. The van der Waals surface area contributed by atoms with E-state index in [9.17, 15) is 13.2 Å². The third-order valence-corrected chi connectivity index (χ3v) is 2.37. The molecule has 0 bridgehead atoms. The second-order valence-electron chi connectivity index (χ2n) is 3.46. The Bertz CT molecular complexity index is 186. The molecule has 0 saturated carbocycles. The average molecular weight is 213 g/mol. The van der Waals surface area contributed by atoms with Crippen LogP contribution >= 0.6 is 0 Å². The first-order valence-electron chi connectivity index (χ1n) is 4.43. The van der Waals surface area contributed by atoms with Crippen LogP contribution in [0, 0.1) is 0 Å². The van der Waals surface area contributed by atoms with Gasteiger partial charge in [-0.25, -0.2) is 0 Å². The maximum absolute atomic E-state index is 12.0. The number of aliphatic hydroxyl groups is 1. The molecule has 1 heterocycles. The summed E-state index contributed by atoms with van der Waals surface area (Å²) in [6, 6.07) is 0. The van der Waals surface area contributed by atoms with Crippen LogP contribution in [-0.2, 0) is 4.74 Å². The van der Waals surface area contributed by atoms with E-state index in [1.807, 2.05) is 0 Å². The topological polar surface area (TPSA) is 32.7 Å². The largest absolute Gasteiger partial charge is 0.415 e. The number of methoxy groups -OCH3 is 1. The van der Waals surface area contributed by atoms with Crippen LogP contribution in [-0.4, -0.2) is 55.1 Å². The Hall–Kier alpha value is -0.330. The zero-order valence-corrected chi connectivity index (χ0v) is 7.92. The standard InChI is InChI=1S/C8H14F3NO2/c1-14-6-2-3-12(4-6)5-7(13)8(9,10)11/h6-7,13H,2-5H2,1H3. The molecule has 0 aromatic heterocycles. The molecule has 3 nitrogen and oxygen atoms in total. The summed E-state index contributed by atoms with van der Waals surface area (Å²) in [4.78, 5) is 1.56. The molecule has 0 aromatic rings. The highest BCUT2D eigenvalue weighted by atomic mass is 19.4. The van der Waals surface area contributed by atoms with E-state index in [1.165, 1.54) is 7.11 Å². The van der Waals surface area contributed by atoms with E-state index in [0.717, 1.165) is 6.42 Å². The average Bonchev–Trinajstić information content (AvgIpc) is 2.50. The molecular formula is C8H14F3NO2. The molecule has 1 aliphatic heterocycles. The molecule has 0 aromatic carbocycles. The molecule has 2 atom stereocenters. The van der Waals surface area contributed by atoms with Crippen molar-refractivity contribution in [3.63, 3.8) is 0 Å². The first-order valence-corrected chi connectivity index (χ1v) is 4.43. The van der Waals surface area contributed by atoms with Gasteiger partial charge in [0.15, 0.2) is 6.10 Å². The van der Waals surface area contributed by atoms with E-state index in [1.54, 1.807) is 4.90 Å². The normalized spacial score (nSPS) is 26.8. The predicted molar refractivity (Wildman–Crippen MR) is 43.9 cm³/mol. The smallest absolute Gasteiger partial charge is 0.382 e. The molecule has 0 spiro atoms. The second-order valence-corrected chi connectivity index (χ2v) is 3.46. The molecule has 6 heteroatoms. The second kappa shape index (κ2) is 4.46. The summed E-state index contributed by atoms with van der Waals surface area (Å²) in [5.74, 6) is 0. The van der Waals surface area contributed by atoms with Crippen LogP contribution in [0.1, 0.15) is 6.42 Å². The lowest BCUT2D eigenvalue weighted by Crippen LogP contribution is -2.40. The number of ether oxygens (including phenoxy) is 1. The van der Waals surface area contributed by atoms with Gasteiger partial charge in [0.1, 0.15) is 0 Å². The zero-order chi connectivity index (χ0) is 10.8. The number of rotatable bonds is 3. The summed E-state index contributed by atoms with van der Waals surface area (Å²) >= 11 is 0. The van der Waals surface area contributed by atoms with Gasteiger partial charge in [-0.15, -0.1) is 0 Å². The highest BCUT2D eigenvalue weighted by Gasteiger charge is 2.40. The summed E-state index contributed by atoms with van der Waals surface area (Å²) < 4.78 is 40.9. The first kappa shape index (κ1) is 11.7. The van der Waals surface area contributed by atoms with E-state index < -0.39 is 12.3 Å². The van der Waals surface area contributed by atoms with Crippen LogP contribution in [0.25, 0.3) is 0 Å². The lowest BCUT2D eigenvalue weighted by atomic mass is 10.3. The van der Waals surface area contributed by atoms with Crippen LogP contribution < -0.4 is 0 Å². The van der Waals surface area contributed by atoms with Crippen molar-refractivity contribution in [1.29, 1.82) is 0 Å². The monoisotopic (exact) mass is 213 g/mol. The van der Waals surface area contributed by atoms with Crippen LogP contribution in [0.5, 0.6) is 0 Å².